The molecule has 5 heteroatoms. The molecule has 1 saturated heterocycles. The molecule has 1 atom stereocenters. The van der Waals surface area contributed by atoms with E-state index in [0.29, 0.717) is 0 Å². The molecular formula is C16H24BrN3O. The van der Waals surface area contributed by atoms with E-state index in [-0.39, 0.29) is 17.5 Å². The quantitative estimate of drug-likeness (QED) is 0.874. The molecule has 1 unspecified atom stereocenters. The predicted octanol–water partition coefficient (Wildman–Crippen LogP) is 2.79. The molecule has 1 aliphatic rings. The number of halogens is 1. The standard InChI is InChI=1S/C16H24BrN3O/c1-16(2,3)19-10-11-6-7-12(17)9-14(11)20-8-4-5-13(20)15(18)21/h6-7,9,13,19H,4-5,8,10H2,1-3H3,(H2,18,21). The summed E-state index contributed by atoms with van der Waals surface area (Å²) in [5, 5.41) is 3.51. The van der Waals surface area contributed by atoms with Crippen LogP contribution in [0.2, 0.25) is 0 Å². The van der Waals surface area contributed by atoms with Gasteiger partial charge < -0.3 is 16.0 Å². The first-order valence-electron chi connectivity index (χ1n) is 7.37. The number of nitrogens with one attached hydrogen (secondary N) is 1. The van der Waals surface area contributed by atoms with Gasteiger partial charge in [-0.2, -0.15) is 0 Å². The molecule has 3 N–H and O–H groups in total. The topological polar surface area (TPSA) is 58.4 Å². The molecule has 1 fully saturated rings. The number of carbonyl (C=O) groups excluding carboxylic acids is 1. The fourth-order valence-electron chi connectivity index (χ4n) is 2.67. The second-order valence-electron chi connectivity index (χ2n) is 6.63. The third-order valence-corrected chi connectivity index (χ3v) is 4.24. The van der Waals surface area contributed by atoms with Gasteiger partial charge in [0.15, 0.2) is 0 Å². The number of nitrogens with two attached hydrogens (primary N) is 1. The molecule has 0 spiro atoms. The summed E-state index contributed by atoms with van der Waals surface area (Å²) in [7, 11) is 0. The molecule has 116 valence electrons. The van der Waals surface area contributed by atoms with Crippen molar-refractivity contribution >= 4 is 27.5 Å². The summed E-state index contributed by atoms with van der Waals surface area (Å²) in [6, 6.07) is 6.04. The summed E-state index contributed by atoms with van der Waals surface area (Å²) in [5.41, 5.74) is 7.90. The maximum atomic E-state index is 11.7. The van der Waals surface area contributed by atoms with Gasteiger partial charge in [0.2, 0.25) is 5.91 Å². The van der Waals surface area contributed by atoms with Crippen LogP contribution in [-0.2, 0) is 11.3 Å². The van der Waals surface area contributed by atoms with E-state index in [4.69, 9.17) is 5.73 Å². The molecule has 1 aromatic carbocycles. The second-order valence-corrected chi connectivity index (χ2v) is 7.55. The Morgan fingerprint density at radius 1 is 1.48 bits per heavy atom. The van der Waals surface area contributed by atoms with Crippen molar-refractivity contribution in [2.45, 2.75) is 51.7 Å². The van der Waals surface area contributed by atoms with Crippen LogP contribution in [0, 0.1) is 0 Å². The largest absolute Gasteiger partial charge is 0.368 e. The first kappa shape index (κ1) is 16.3. The normalized spacial score (nSPS) is 19.0. The van der Waals surface area contributed by atoms with Gasteiger partial charge in [0.05, 0.1) is 0 Å². The summed E-state index contributed by atoms with van der Waals surface area (Å²) in [6.07, 6.45) is 1.85. The van der Waals surface area contributed by atoms with Gasteiger partial charge in [-0.05, 0) is 51.3 Å². The number of amides is 1. The van der Waals surface area contributed by atoms with Crippen molar-refractivity contribution in [3.8, 4) is 0 Å². The molecule has 2 rings (SSSR count). The van der Waals surface area contributed by atoms with Crippen LogP contribution in [0.25, 0.3) is 0 Å². The first-order chi connectivity index (χ1) is 9.78. The Hall–Kier alpha value is -1.07. The van der Waals surface area contributed by atoms with Crippen LogP contribution in [0.3, 0.4) is 0 Å². The van der Waals surface area contributed by atoms with E-state index in [1.807, 2.05) is 6.07 Å². The molecule has 0 bridgehead atoms. The SMILES string of the molecule is CC(C)(C)NCc1ccc(Br)cc1N1CCCC1C(N)=O. The molecule has 0 aromatic heterocycles. The highest BCUT2D eigenvalue weighted by molar-refractivity contribution is 9.10. The molecular weight excluding hydrogens is 330 g/mol. The van der Waals surface area contributed by atoms with Crippen LogP contribution in [0.5, 0.6) is 0 Å². The molecule has 1 heterocycles. The Labute approximate surface area is 135 Å². The number of hydrogen-bond acceptors (Lipinski definition) is 3. The monoisotopic (exact) mass is 353 g/mol. The van der Waals surface area contributed by atoms with Gasteiger partial charge in [0.1, 0.15) is 6.04 Å². The molecule has 1 aliphatic heterocycles. The summed E-state index contributed by atoms with van der Waals surface area (Å²) in [4.78, 5) is 13.8. The fraction of sp³-hybridized carbons (Fsp3) is 0.562. The predicted molar refractivity (Wildman–Crippen MR) is 90.3 cm³/mol. The summed E-state index contributed by atoms with van der Waals surface area (Å²) in [6.45, 7) is 8.09. The number of anilines is 1. The van der Waals surface area contributed by atoms with Crippen molar-refractivity contribution in [1.29, 1.82) is 0 Å². The minimum atomic E-state index is -0.234. The van der Waals surface area contributed by atoms with Crippen molar-refractivity contribution < 1.29 is 4.79 Å². The van der Waals surface area contributed by atoms with Crippen LogP contribution in [0.1, 0.15) is 39.2 Å². The minimum absolute atomic E-state index is 0.0540. The smallest absolute Gasteiger partial charge is 0.240 e. The lowest BCUT2D eigenvalue weighted by Crippen LogP contribution is -2.41. The Morgan fingerprint density at radius 3 is 2.81 bits per heavy atom. The van der Waals surface area contributed by atoms with Crippen molar-refractivity contribution in [2.75, 3.05) is 11.4 Å². The zero-order chi connectivity index (χ0) is 15.6. The summed E-state index contributed by atoms with van der Waals surface area (Å²) in [5.74, 6) is -0.234. The van der Waals surface area contributed by atoms with Crippen LogP contribution in [0.15, 0.2) is 22.7 Å². The van der Waals surface area contributed by atoms with E-state index in [9.17, 15) is 4.79 Å². The van der Waals surface area contributed by atoms with E-state index in [0.717, 1.165) is 36.1 Å². The Balaban J connectivity index is 2.28. The Bertz CT molecular complexity index is 525. The van der Waals surface area contributed by atoms with Crippen LogP contribution >= 0.6 is 15.9 Å². The minimum Gasteiger partial charge on any atom is -0.368 e. The number of primary amides is 1. The molecule has 4 nitrogen and oxygen atoms in total. The van der Waals surface area contributed by atoms with Crippen molar-refractivity contribution in [1.82, 2.24) is 5.32 Å². The van der Waals surface area contributed by atoms with E-state index in [1.54, 1.807) is 0 Å². The molecule has 1 aromatic rings. The van der Waals surface area contributed by atoms with E-state index >= 15 is 0 Å². The third kappa shape index (κ3) is 4.20. The Kier molecular flexibility index (Phi) is 4.94. The van der Waals surface area contributed by atoms with Crippen LogP contribution in [-0.4, -0.2) is 24.0 Å². The maximum absolute atomic E-state index is 11.7. The lowest BCUT2D eigenvalue weighted by atomic mass is 10.1. The van der Waals surface area contributed by atoms with E-state index in [1.165, 1.54) is 5.56 Å². The fourth-order valence-corrected chi connectivity index (χ4v) is 3.01. The third-order valence-electron chi connectivity index (χ3n) is 3.75. The number of rotatable bonds is 4. The lowest BCUT2D eigenvalue weighted by molar-refractivity contribution is -0.119. The number of hydrogen-bond donors (Lipinski definition) is 2. The van der Waals surface area contributed by atoms with Gasteiger partial charge in [-0.3, -0.25) is 4.79 Å². The average molecular weight is 354 g/mol. The zero-order valence-corrected chi connectivity index (χ0v) is 14.5. The Morgan fingerprint density at radius 2 is 2.19 bits per heavy atom. The van der Waals surface area contributed by atoms with E-state index in [2.05, 4.69) is 59.1 Å². The summed E-state index contributed by atoms with van der Waals surface area (Å²) < 4.78 is 1.02. The van der Waals surface area contributed by atoms with E-state index < -0.39 is 0 Å². The van der Waals surface area contributed by atoms with Gasteiger partial charge in [-0.1, -0.05) is 22.0 Å². The second kappa shape index (κ2) is 6.36. The van der Waals surface area contributed by atoms with Gasteiger partial charge in [-0.25, -0.2) is 0 Å². The number of benzene rings is 1. The van der Waals surface area contributed by atoms with Gasteiger partial charge in [0, 0.05) is 28.8 Å². The zero-order valence-electron chi connectivity index (χ0n) is 12.9. The average Bonchev–Trinajstić information content (AvgIpc) is 2.85. The van der Waals surface area contributed by atoms with Gasteiger partial charge in [0.25, 0.3) is 0 Å². The molecule has 0 radical (unpaired) electrons. The maximum Gasteiger partial charge on any atom is 0.240 e. The van der Waals surface area contributed by atoms with Crippen LogP contribution < -0.4 is 16.0 Å². The molecule has 21 heavy (non-hydrogen) atoms. The molecule has 0 aliphatic carbocycles. The first-order valence-corrected chi connectivity index (χ1v) is 8.16. The highest BCUT2D eigenvalue weighted by Crippen LogP contribution is 2.31. The number of carbonyl (C=O) groups is 1. The molecule has 1 amide bonds. The van der Waals surface area contributed by atoms with Gasteiger partial charge in [-0.15, -0.1) is 0 Å². The summed E-state index contributed by atoms with van der Waals surface area (Å²) >= 11 is 3.53. The van der Waals surface area contributed by atoms with Crippen molar-refractivity contribution in [2.24, 2.45) is 5.73 Å². The highest BCUT2D eigenvalue weighted by atomic mass is 79.9. The number of nitrogens with zero attached hydrogens (tertiary/aromatic N) is 1. The highest BCUT2D eigenvalue weighted by Gasteiger charge is 2.30. The van der Waals surface area contributed by atoms with Crippen molar-refractivity contribution in [3.05, 3.63) is 28.2 Å². The molecule has 0 saturated carbocycles. The van der Waals surface area contributed by atoms with Crippen LogP contribution in [0.4, 0.5) is 5.69 Å². The lowest BCUT2D eigenvalue weighted by Gasteiger charge is -2.28. The van der Waals surface area contributed by atoms with Gasteiger partial charge >= 0.3 is 0 Å². The van der Waals surface area contributed by atoms with Crippen molar-refractivity contribution in [3.63, 3.8) is 0 Å².